The zero-order chi connectivity index (χ0) is 25.0. The highest BCUT2D eigenvalue weighted by molar-refractivity contribution is 7.98. The number of hydrogen-bond acceptors (Lipinski definition) is 7. The average Bonchev–Trinajstić information content (AvgIpc) is 2.79. The van der Waals surface area contributed by atoms with E-state index in [9.17, 15) is 29.4 Å². The third-order valence-electron chi connectivity index (χ3n) is 5.23. The standard InChI is InChI=1S/C22H34N4O6S/c1-4-13(2)19(26-18(28)12-23)21(30)25-17(11-14-5-7-15(27)8-6-14)20(29)24-16(22(31)32)9-10-33-3/h5-8,13,16-17,19,27H,4,9-12,23H2,1-3H3,(H,24,29)(H,25,30)(H,26,28)(H,31,32). The lowest BCUT2D eigenvalue weighted by Crippen LogP contribution is -2.58. The van der Waals surface area contributed by atoms with E-state index in [1.165, 1.54) is 23.9 Å². The number of nitrogens with two attached hydrogens (primary N) is 1. The maximum atomic E-state index is 13.0. The van der Waals surface area contributed by atoms with E-state index in [-0.39, 0.29) is 31.1 Å². The zero-order valence-corrected chi connectivity index (χ0v) is 20.0. The highest BCUT2D eigenvalue weighted by atomic mass is 32.2. The van der Waals surface area contributed by atoms with Crippen LogP contribution in [-0.4, -0.2) is 70.6 Å². The number of benzene rings is 1. The van der Waals surface area contributed by atoms with Crippen molar-refractivity contribution in [3.8, 4) is 5.75 Å². The van der Waals surface area contributed by atoms with Crippen LogP contribution in [0.15, 0.2) is 24.3 Å². The number of aliphatic carboxylic acids is 1. The number of carbonyl (C=O) groups excluding carboxylic acids is 3. The summed E-state index contributed by atoms with van der Waals surface area (Å²) in [5.74, 6) is -2.54. The van der Waals surface area contributed by atoms with Gasteiger partial charge in [0, 0.05) is 6.42 Å². The van der Waals surface area contributed by atoms with Crippen molar-refractivity contribution in [2.45, 2.75) is 51.2 Å². The number of phenols is 1. The second-order valence-corrected chi connectivity index (χ2v) is 8.73. The van der Waals surface area contributed by atoms with Crippen molar-refractivity contribution in [2.24, 2.45) is 11.7 Å². The third kappa shape index (κ3) is 9.70. The molecule has 33 heavy (non-hydrogen) atoms. The second kappa shape index (κ2) is 14.4. The molecule has 0 spiro atoms. The van der Waals surface area contributed by atoms with Crippen LogP contribution in [-0.2, 0) is 25.6 Å². The zero-order valence-electron chi connectivity index (χ0n) is 19.2. The summed E-state index contributed by atoms with van der Waals surface area (Å²) in [6.45, 7) is 3.37. The van der Waals surface area contributed by atoms with Crippen molar-refractivity contribution in [2.75, 3.05) is 18.6 Å². The van der Waals surface area contributed by atoms with Gasteiger partial charge in [0.25, 0.3) is 0 Å². The lowest BCUT2D eigenvalue weighted by atomic mass is 9.97. The Morgan fingerprint density at radius 1 is 1.03 bits per heavy atom. The summed E-state index contributed by atoms with van der Waals surface area (Å²) in [5.41, 5.74) is 6.01. The van der Waals surface area contributed by atoms with Gasteiger partial charge in [-0.15, -0.1) is 0 Å². The van der Waals surface area contributed by atoms with Gasteiger partial charge in [-0.25, -0.2) is 4.79 Å². The number of aromatic hydroxyl groups is 1. The van der Waals surface area contributed by atoms with Crippen molar-refractivity contribution >= 4 is 35.5 Å². The van der Waals surface area contributed by atoms with E-state index in [4.69, 9.17) is 5.73 Å². The normalized spacial score (nSPS) is 14.4. The molecule has 0 radical (unpaired) electrons. The SMILES string of the molecule is CCC(C)C(NC(=O)CN)C(=O)NC(Cc1ccc(O)cc1)C(=O)NC(CCSC)C(=O)O. The quantitative estimate of drug-likeness (QED) is 0.219. The summed E-state index contributed by atoms with van der Waals surface area (Å²) in [6.07, 6.45) is 2.71. The molecule has 4 unspecified atom stereocenters. The summed E-state index contributed by atoms with van der Waals surface area (Å²) in [5, 5.41) is 26.7. The minimum Gasteiger partial charge on any atom is -0.508 e. The maximum absolute atomic E-state index is 13.0. The van der Waals surface area contributed by atoms with Crippen LogP contribution in [0, 0.1) is 5.92 Å². The smallest absolute Gasteiger partial charge is 0.326 e. The Hall–Kier alpha value is -2.79. The van der Waals surface area contributed by atoms with E-state index < -0.39 is 41.8 Å². The Balaban J connectivity index is 3.12. The van der Waals surface area contributed by atoms with Gasteiger partial charge in [-0.2, -0.15) is 11.8 Å². The van der Waals surface area contributed by atoms with Crippen molar-refractivity contribution in [3.05, 3.63) is 29.8 Å². The molecule has 0 aromatic heterocycles. The van der Waals surface area contributed by atoms with E-state index in [1.54, 1.807) is 19.1 Å². The van der Waals surface area contributed by atoms with E-state index in [0.717, 1.165) is 0 Å². The molecule has 3 amide bonds. The third-order valence-corrected chi connectivity index (χ3v) is 5.88. The van der Waals surface area contributed by atoms with E-state index in [1.807, 2.05) is 13.2 Å². The average molecular weight is 483 g/mol. The summed E-state index contributed by atoms with van der Waals surface area (Å²) in [6, 6.07) is 3.00. The Labute approximate surface area is 198 Å². The van der Waals surface area contributed by atoms with Crippen molar-refractivity contribution in [1.29, 1.82) is 0 Å². The van der Waals surface area contributed by atoms with Crippen LogP contribution in [0.1, 0.15) is 32.3 Å². The van der Waals surface area contributed by atoms with Gasteiger partial charge in [0.2, 0.25) is 17.7 Å². The van der Waals surface area contributed by atoms with Crippen molar-refractivity contribution < 1.29 is 29.4 Å². The predicted molar refractivity (Wildman–Crippen MR) is 127 cm³/mol. The first-order valence-electron chi connectivity index (χ1n) is 10.7. The van der Waals surface area contributed by atoms with E-state index in [0.29, 0.717) is 17.7 Å². The Morgan fingerprint density at radius 2 is 1.64 bits per heavy atom. The molecule has 1 aromatic rings. The molecule has 0 aliphatic rings. The summed E-state index contributed by atoms with van der Waals surface area (Å²) in [7, 11) is 0. The van der Waals surface area contributed by atoms with Crippen LogP contribution in [0.2, 0.25) is 0 Å². The molecule has 184 valence electrons. The number of nitrogens with one attached hydrogen (secondary N) is 3. The topological polar surface area (TPSA) is 171 Å². The molecule has 1 aromatic carbocycles. The van der Waals surface area contributed by atoms with E-state index >= 15 is 0 Å². The molecule has 4 atom stereocenters. The van der Waals surface area contributed by atoms with Crippen LogP contribution >= 0.6 is 11.8 Å². The Kier molecular flexibility index (Phi) is 12.3. The number of rotatable bonds is 14. The van der Waals surface area contributed by atoms with Gasteiger partial charge in [0.1, 0.15) is 23.9 Å². The molecular weight excluding hydrogens is 448 g/mol. The fourth-order valence-electron chi connectivity index (χ4n) is 3.04. The minimum atomic E-state index is -1.17. The fraction of sp³-hybridized carbons (Fsp3) is 0.545. The highest BCUT2D eigenvalue weighted by Gasteiger charge is 2.31. The second-order valence-electron chi connectivity index (χ2n) is 7.75. The molecular formula is C22H34N4O6S. The van der Waals surface area contributed by atoms with Crippen LogP contribution in [0.5, 0.6) is 5.75 Å². The monoisotopic (exact) mass is 482 g/mol. The summed E-state index contributed by atoms with van der Waals surface area (Å²) >= 11 is 1.46. The van der Waals surface area contributed by atoms with Crippen LogP contribution in [0.25, 0.3) is 0 Å². The largest absolute Gasteiger partial charge is 0.508 e. The summed E-state index contributed by atoms with van der Waals surface area (Å²) < 4.78 is 0. The van der Waals surface area contributed by atoms with Gasteiger partial charge in [-0.05, 0) is 42.0 Å². The fourth-order valence-corrected chi connectivity index (χ4v) is 3.51. The molecule has 7 N–H and O–H groups in total. The molecule has 0 bridgehead atoms. The van der Waals surface area contributed by atoms with Gasteiger partial charge in [0.15, 0.2) is 0 Å². The molecule has 0 saturated carbocycles. The lowest BCUT2D eigenvalue weighted by molar-refractivity contribution is -0.142. The number of phenolic OH excluding ortho intramolecular Hbond substituents is 1. The van der Waals surface area contributed by atoms with Gasteiger partial charge in [-0.1, -0.05) is 32.4 Å². The molecule has 0 aliphatic heterocycles. The molecule has 10 nitrogen and oxygen atoms in total. The minimum absolute atomic E-state index is 0.0492. The van der Waals surface area contributed by atoms with Crippen molar-refractivity contribution in [3.63, 3.8) is 0 Å². The highest BCUT2D eigenvalue weighted by Crippen LogP contribution is 2.13. The van der Waals surface area contributed by atoms with Crippen LogP contribution < -0.4 is 21.7 Å². The number of carbonyl (C=O) groups is 4. The maximum Gasteiger partial charge on any atom is 0.326 e. The molecule has 1 rings (SSSR count). The van der Waals surface area contributed by atoms with Gasteiger partial charge < -0.3 is 31.9 Å². The first kappa shape index (κ1) is 28.2. The lowest BCUT2D eigenvalue weighted by Gasteiger charge is -2.27. The molecule has 0 heterocycles. The predicted octanol–water partition coefficient (Wildman–Crippen LogP) is 0.232. The molecule has 0 fully saturated rings. The molecule has 11 heteroatoms. The summed E-state index contributed by atoms with van der Waals surface area (Å²) in [4.78, 5) is 49.5. The number of hydrogen-bond donors (Lipinski definition) is 6. The number of carboxylic acid groups (broad SMARTS) is 1. The van der Waals surface area contributed by atoms with Crippen LogP contribution in [0.3, 0.4) is 0 Å². The van der Waals surface area contributed by atoms with Gasteiger partial charge in [0.05, 0.1) is 6.54 Å². The first-order chi connectivity index (χ1) is 15.6. The Bertz CT molecular complexity index is 805. The first-order valence-corrected chi connectivity index (χ1v) is 12.1. The number of amides is 3. The number of thioether (sulfide) groups is 1. The van der Waals surface area contributed by atoms with Gasteiger partial charge >= 0.3 is 5.97 Å². The Morgan fingerprint density at radius 3 is 2.15 bits per heavy atom. The van der Waals surface area contributed by atoms with Crippen LogP contribution in [0.4, 0.5) is 0 Å². The van der Waals surface area contributed by atoms with Crippen molar-refractivity contribution in [1.82, 2.24) is 16.0 Å². The van der Waals surface area contributed by atoms with E-state index in [2.05, 4.69) is 16.0 Å². The molecule has 0 saturated heterocycles. The van der Waals surface area contributed by atoms with Gasteiger partial charge in [-0.3, -0.25) is 14.4 Å². The molecule has 0 aliphatic carbocycles. The number of carboxylic acids is 1.